The Kier molecular flexibility index (Phi) is 6.14. The molecule has 4 nitrogen and oxygen atoms in total. The van der Waals surface area contributed by atoms with Gasteiger partial charge in [-0.15, -0.1) is 0 Å². The van der Waals surface area contributed by atoms with Gasteiger partial charge in [0, 0.05) is 19.2 Å². The lowest BCUT2D eigenvalue weighted by Crippen LogP contribution is -2.34. The molecule has 0 aliphatic rings. The minimum absolute atomic E-state index is 0.323. The Morgan fingerprint density at radius 2 is 1.87 bits per heavy atom. The molecule has 0 unspecified atom stereocenters. The molecule has 0 radical (unpaired) electrons. The second kappa shape index (κ2) is 8.45. The zero-order valence-corrected chi connectivity index (χ0v) is 17.3. The number of benzene rings is 1. The first kappa shape index (κ1) is 21.8. The molecule has 1 aromatic carbocycles. The van der Waals surface area contributed by atoms with Gasteiger partial charge in [-0.2, -0.15) is 22.8 Å². The van der Waals surface area contributed by atoms with Gasteiger partial charge < -0.3 is 4.74 Å². The van der Waals surface area contributed by atoms with Gasteiger partial charge in [-0.3, -0.25) is 4.68 Å². The topological polar surface area (TPSA) is 30.9 Å². The van der Waals surface area contributed by atoms with Crippen molar-refractivity contribution in [3.63, 3.8) is 0 Å². The van der Waals surface area contributed by atoms with E-state index in [9.17, 15) is 17.6 Å². The van der Waals surface area contributed by atoms with E-state index in [1.54, 1.807) is 18.5 Å². The highest BCUT2D eigenvalue weighted by atomic mass is 19.4. The number of alkyl halides is 3. The van der Waals surface area contributed by atoms with Crippen molar-refractivity contribution in [1.29, 1.82) is 0 Å². The summed E-state index contributed by atoms with van der Waals surface area (Å²) in [6.07, 6.45) is -1.86. The molecule has 0 spiro atoms. The number of rotatable bonds is 6. The van der Waals surface area contributed by atoms with Crippen LogP contribution in [0.1, 0.15) is 36.6 Å². The SMILES string of the molecule is CCCCc1cc(Oc2ccc(F)cc2C)[n+](C)c(-c2cc(C(F)(F)F)nn2C)c1. The van der Waals surface area contributed by atoms with Gasteiger partial charge in [0.1, 0.15) is 24.3 Å². The minimum atomic E-state index is -4.53. The standard InChI is InChI=1S/C22H24F4N3O/c1-5-6-7-15-11-17(18-13-20(22(24,25)26)27-29(18)4)28(3)21(12-15)30-19-9-8-16(23)10-14(19)2/h8-13H,5-7H2,1-4H3/q+1. The summed E-state index contributed by atoms with van der Waals surface area (Å²) in [5, 5.41) is 3.62. The molecule has 0 N–H and O–H groups in total. The first-order chi connectivity index (χ1) is 14.1. The third-order valence-electron chi connectivity index (χ3n) is 4.93. The zero-order chi connectivity index (χ0) is 22.1. The van der Waals surface area contributed by atoms with Crippen molar-refractivity contribution in [1.82, 2.24) is 9.78 Å². The average molecular weight is 422 g/mol. The number of halogens is 4. The highest BCUT2D eigenvalue weighted by Crippen LogP contribution is 2.32. The van der Waals surface area contributed by atoms with Crippen molar-refractivity contribution < 1.29 is 26.9 Å². The molecule has 2 aromatic heterocycles. The normalized spacial score (nSPS) is 11.7. The lowest BCUT2D eigenvalue weighted by atomic mass is 10.1. The van der Waals surface area contributed by atoms with Crippen molar-refractivity contribution in [2.75, 3.05) is 0 Å². The number of aromatic nitrogens is 3. The van der Waals surface area contributed by atoms with Crippen LogP contribution in [0, 0.1) is 12.7 Å². The Bertz CT molecular complexity index is 1060. The predicted molar refractivity (Wildman–Crippen MR) is 105 cm³/mol. The van der Waals surface area contributed by atoms with Crippen LogP contribution < -0.4 is 9.30 Å². The van der Waals surface area contributed by atoms with Crippen molar-refractivity contribution >= 4 is 0 Å². The number of aryl methyl sites for hydroxylation is 3. The molecule has 0 atom stereocenters. The fourth-order valence-corrected chi connectivity index (χ4v) is 3.24. The van der Waals surface area contributed by atoms with E-state index in [2.05, 4.69) is 12.0 Å². The Labute approximate surface area is 172 Å². The third-order valence-corrected chi connectivity index (χ3v) is 4.93. The highest BCUT2D eigenvalue weighted by molar-refractivity contribution is 5.54. The molecule has 3 rings (SSSR count). The van der Waals surface area contributed by atoms with Gasteiger partial charge in [0.25, 0.3) is 0 Å². The lowest BCUT2D eigenvalue weighted by molar-refractivity contribution is -0.665. The number of unbranched alkanes of at least 4 members (excludes halogenated alkanes) is 1. The second-order valence-corrected chi connectivity index (χ2v) is 7.30. The van der Waals surface area contributed by atoms with Crippen LogP contribution in [0.3, 0.4) is 0 Å². The molecule has 0 saturated carbocycles. The van der Waals surface area contributed by atoms with Gasteiger partial charge in [-0.25, -0.2) is 4.39 Å². The van der Waals surface area contributed by atoms with E-state index in [1.807, 2.05) is 12.1 Å². The summed E-state index contributed by atoms with van der Waals surface area (Å²) in [5.74, 6) is 0.561. The van der Waals surface area contributed by atoms with Crippen LogP contribution in [0.4, 0.5) is 17.6 Å². The maximum absolute atomic E-state index is 13.4. The van der Waals surface area contributed by atoms with E-state index >= 15 is 0 Å². The fraction of sp³-hybridized carbons (Fsp3) is 0.364. The Morgan fingerprint density at radius 3 is 2.47 bits per heavy atom. The molecule has 0 fully saturated rings. The predicted octanol–water partition coefficient (Wildman–Crippen LogP) is 5.51. The molecule has 0 amide bonds. The largest absolute Gasteiger partial charge is 0.435 e. The summed E-state index contributed by atoms with van der Waals surface area (Å²) < 4.78 is 61.8. The average Bonchev–Trinajstić information content (AvgIpc) is 3.06. The van der Waals surface area contributed by atoms with E-state index in [4.69, 9.17) is 4.74 Å². The maximum Gasteiger partial charge on any atom is 0.435 e. The number of nitrogens with zero attached hydrogens (tertiary/aromatic N) is 3. The van der Waals surface area contributed by atoms with E-state index in [0.717, 1.165) is 30.9 Å². The number of pyridine rings is 1. The summed E-state index contributed by atoms with van der Waals surface area (Å²) in [6.45, 7) is 3.80. The van der Waals surface area contributed by atoms with Crippen LogP contribution in [0.15, 0.2) is 36.4 Å². The smallest absolute Gasteiger partial charge is 0.405 e. The second-order valence-electron chi connectivity index (χ2n) is 7.30. The molecule has 8 heteroatoms. The van der Waals surface area contributed by atoms with Crippen molar-refractivity contribution in [3.8, 4) is 23.0 Å². The van der Waals surface area contributed by atoms with Crippen LogP contribution in [0.25, 0.3) is 11.4 Å². The summed E-state index contributed by atoms with van der Waals surface area (Å²) in [7, 11) is 3.20. The summed E-state index contributed by atoms with van der Waals surface area (Å²) >= 11 is 0. The van der Waals surface area contributed by atoms with Gasteiger partial charge in [-0.05, 0) is 49.1 Å². The van der Waals surface area contributed by atoms with Crippen LogP contribution in [-0.2, 0) is 26.7 Å². The fourth-order valence-electron chi connectivity index (χ4n) is 3.24. The van der Waals surface area contributed by atoms with Crippen LogP contribution in [0.2, 0.25) is 0 Å². The maximum atomic E-state index is 13.4. The Morgan fingerprint density at radius 1 is 1.13 bits per heavy atom. The van der Waals surface area contributed by atoms with Gasteiger partial charge in [0.2, 0.25) is 5.69 Å². The molecule has 160 valence electrons. The summed E-state index contributed by atoms with van der Waals surface area (Å²) in [6, 6.07) is 8.97. The van der Waals surface area contributed by atoms with Crippen molar-refractivity contribution in [3.05, 3.63) is 59.0 Å². The number of hydrogen-bond acceptors (Lipinski definition) is 2. The first-order valence-corrected chi connectivity index (χ1v) is 9.68. The minimum Gasteiger partial charge on any atom is -0.405 e. The first-order valence-electron chi connectivity index (χ1n) is 9.68. The van der Waals surface area contributed by atoms with Crippen LogP contribution >= 0.6 is 0 Å². The molecule has 0 bridgehead atoms. The summed E-state index contributed by atoms with van der Waals surface area (Å²) in [4.78, 5) is 0. The molecule has 0 aliphatic heterocycles. The molecule has 3 aromatic rings. The van der Waals surface area contributed by atoms with Gasteiger partial charge in [-0.1, -0.05) is 13.3 Å². The van der Waals surface area contributed by atoms with Crippen molar-refractivity contribution in [2.24, 2.45) is 14.1 Å². The highest BCUT2D eigenvalue weighted by Gasteiger charge is 2.36. The molecule has 0 saturated heterocycles. The quantitative estimate of drug-likeness (QED) is 0.387. The Balaban J connectivity index is 2.11. The van der Waals surface area contributed by atoms with Gasteiger partial charge in [0.15, 0.2) is 5.69 Å². The van der Waals surface area contributed by atoms with Gasteiger partial charge in [0.05, 0.1) is 6.07 Å². The lowest BCUT2D eigenvalue weighted by Gasteiger charge is -2.11. The van der Waals surface area contributed by atoms with E-state index < -0.39 is 11.9 Å². The van der Waals surface area contributed by atoms with E-state index in [0.29, 0.717) is 28.6 Å². The zero-order valence-electron chi connectivity index (χ0n) is 17.3. The number of hydrogen-bond donors (Lipinski definition) is 0. The van der Waals surface area contributed by atoms with E-state index in [-0.39, 0.29) is 5.82 Å². The third kappa shape index (κ3) is 4.63. The van der Waals surface area contributed by atoms with Crippen molar-refractivity contribution in [2.45, 2.75) is 39.3 Å². The number of ether oxygens (including phenoxy) is 1. The molecular weight excluding hydrogens is 398 g/mol. The summed E-state index contributed by atoms with van der Waals surface area (Å²) in [5.41, 5.74) is 1.48. The Hall–Kier alpha value is -2.90. The molecule has 0 aliphatic carbocycles. The molecule has 30 heavy (non-hydrogen) atoms. The van der Waals surface area contributed by atoms with Crippen LogP contribution in [-0.4, -0.2) is 9.78 Å². The van der Waals surface area contributed by atoms with Crippen LogP contribution in [0.5, 0.6) is 11.6 Å². The van der Waals surface area contributed by atoms with E-state index in [1.165, 1.54) is 29.9 Å². The van der Waals surface area contributed by atoms with Gasteiger partial charge >= 0.3 is 12.1 Å². The monoisotopic (exact) mass is 422 g/mol. The molecule has 2 heterocycles. The molecular formula is C22H24F4N3O+.